The molecular weight excluding hydrogens is 248 g/mol. The van der Waals surface area contributed by atoms with Crippen LogP contribution in [-0.2, 0) is 0 Å². The van der Waals surface area contributed by atoms with Crippen LogP contribution in [0.2, 0.25) is 0 Å². The van der Waals surface area contributed by atoms with Gasteiger partial charge in [-0.15, -0.1) is 0 Å². The largest absolute Gasteiger partial charge is 0.396 e. The van der Waals surface area contributed by atoms with Crippen LogP contribution in [0, 0.1) is 13.8 Å². The first-order valence-corrected chi connectivity index (χ1v) is 6.48. The van der Waals surface area contributed by atoms with E-state index in [9.17, 15) is 0 Å². The number of nitrogens with zero attached hydrogens (tertiary/aromatic N) is 3. The summed E-state index contributed by atoms with van der Waals surface area (Å²) in [5.74, 6) is 0. The Bertz CT molecular complexity index is 744. The molecule has 4 heteroatoms. The smallest absolute Gasteiger partial charge is 0.116 e. The van der Waals surface area contributed by atoms with Crippen LogP contribution in [0.5, 0.6) is 0 Å². The third-order valence-corrected chi connectivity index (χ3v) is 3.30. The van der Waals surface area contributed by atoms with E-state index in [1.807, 2.05) is 23.0 Å². The molecule has 3 rings (SSSR count). The topological polar surface area (TPSA) is 56.7 Å². The zero-order valence-corrected chi connectivity index (χ0v) is 11.5. The molecule has 0 aliphatic heterocycles. The summed E-state index contributed by atoms with van der Waals surface area (Å²) >= 11 is 0. The van der Waals surface area contributed by atoms with Gasteiger partial charge in [0.25, 0.3) is 0 Å². The Morgan fingerprint density at radius 2 is 1.80 bits per heavy atom. The molecule has 2 aromatic heterocycles. The molecule has 0 aliphatic rings. The van der Waals surface area contributed by atoms with Gasteiger partial charge in [-0.05, 0) is 37.6 Å². The Kier molecular flexibility index (Phi) is 2.99. The lowest BCUT2D eigenvalue weighted by molar-refractivity contribution is 0.875. The lowest BCUT2D eigenvalue weighted by atomic mass is 10.1. The normalized spacial score (nSPS) is 10.7. The molecule has 2 N–H and O–H groups in total. The SMILES string of the molecule is Cc1ccc(-n2cc(N)c(-c3ccncc3)n2)c(C)c1. The van der Waals surface area contributed by atoms with E-state index in [1.54, 1.807) is 12.4 Å². The molecule has 0 saturated carbocycles. The Labute approximate surface area is 117 Å². The molecule has 100 valence electrons. The van der Waals surface area contributed by atoms with Crippen LogP contribution in [0.1, 0.15) is 11.1 Å². The monoisotopic (exact) mass is 264 g/mol. The van der Waals surface area contributed by atoms with Crippen molar-refractivity contribution in [3.63, 3.8) is 0 Å². The summed E-state index contributed by atoms with van der Waals surface area (Å²) in [6.07, 6.45) is 5.34. The molecule has 4 nitrogen and oxygen atoms in total. The first-order chi connectivity index (χ1) is 9.65. The first kappa shape index (κ1) is 12.4. The fraction of sp³-hybridized carbons (Fsp3) is 0.125. The van der Waals surface area contributed by atoms with Crippen molar-refractivity contribution in [2.75, 3.05) is 5.73 Å². The van der Waals surface area contributed by atoms with E-state index < -0.39 is 0 Å². The minimum atomic E-state index is 0.663. The quantitative estimate of drug-likeness (QED) is 0.773. The lowest BCUT2D eigenvalue weighted by Crippen LogP contribution is -1.98. The van der Waals surface area contributed by atoms with E-state index in [2.05, 4.69) is 42.1 Å². The highest BCUT2D eigenvalue weighted by atomic mass is 15.3. The molecule has 0 fully saturated rings. The van der Waals surface area contributed by atoms with Gasteiger partial charge in [-0.25, -0.2) is 4.68 Å². The average Bonchev–Trinajstić information content (AvgIpc) is 2.81. The molecule has 0 atom stereocenters. The van der Waals surface area contributed by atoms with Crippen molar-refractivity contribution >= 4 is 5.69 Å². The number of nitrogen functional groups attached to an aromatic ring is 1. The zero-order valence-electron chi connectivity index (χ0n) is 11.5. The van der Waals surface area contributed by atoms with Gasteiger partial charge >= 0.3 is 0 Å². The second kappa shape index (κ2) is 4.81. The van der Waals surface area contributed by atoms with E-state index >= 15 is 0 Å². The van der Waals surface area contributed by atoms with Gasteiger partial charge in [0, 0.05) is 18.0 Å². The van der Waals surface area contributed by atoms with Crippen molar-refractivity contribution in [2.24, 2.45) is 0 Å². The Balaban J connectivity index is 2.09. The number of hydrogen-bond donors (Lipinski definition) is 1. The summed E-state index contributed by atoms with van der Waals surface area (Å²) in [5.41, 5.74) is 12.0. The molecule has 0 unspecified atom stereocenters. The summed E-state index contributed by atoms with van der Waals surface area (Å²) in [7, 11) is 0. The molecule has 0 spiro atoms. The number of anilines is 1. The second-order valence-corrected chi connectivity index (χ2v) is 4.90. The predicted octanol–water partition coefficient (Wildman–Crippen LogP) is 3.13. The minimum Gasteiger partial charge on any atom is -0.396 e. The maximum Gasteiger partial charge on any atom is 0.116 e. The molecule has 2 heterocycles. The summed E-state index contributed by atoms with van der Waals surface area (Å²) in [4.78, 5) is 4.01. The highest BCUT2D eigenvalue weighted by Crippen LogP contribution is 2.25. The second-order valence-electron chi connectivity index (χ2n) is 4.90. The summed E-state index contributed by atoms with van der Waals surface area (Å²) in [6, 6.07) is 10.1. The van der Waals surface area contributed by atoms with Crippen LogP contribution in [-0.4, -0.2) is 14.8 Å². The number of aryl methyl sites for hydroxylation is 2. The van der Waals surface area contributed by atoms with Crippen LogP contribution < -0.4 is 5.73 Å². The van der Waals surface area contributed by atoms with Crippen LogP contribution in [0.15, 0.2) is 48.9 Å². The fourth-order valence-electron chi connectivity index (χ4n) is 2.31. The van der Waals surface area contributed by atoms with Gasteiger partial charge in [-0.1, -0.05) is 17.7 Å². The molecule has 0 saturated heterocycles. The molecule has 0 radical (unpaired) electrons. The first-order valence-electron chi connectivity index (χ1n) is 6.48. The van der Waals surface area contributed by atoms with E-state index in [1.165, 1.54) is 11.1 Å². The number of aromatic nitrogens is 3. The van der Waals surface area contributed by atoms with Crippen LogP contribution in [0.25, 0.3) is 16.9 Å². The van der Waals surface area contributed by atoms with Crippen molar-refractivity contribution in [1.29, 1.82) is 0 Å². The highest BCUT2D eigenvalue weighted by Gasteiger charge is 2.10. The van der Waals surface area contributed by atoms with Gasteiger partial charge < -0.3 is 5.73 Å². The number of nitrogens with two attached hydrogens (primary N) is 1. The molecule has 20 heavy (non-hydrogen) atoms. The predicted molar refractivity (Wildman–Crippen MR) is 80.7 cm³/mol. The molecule has 3 aromatic rings. The third-order valence-electron chi connectivity index (χ3n) is 3.30. The number of pyridine rings is 1. The maximum absolute atomic E-state index is 6.09. The van der Waals surface area contributed by atoms with E-state index in [4.69, 9.17) is 5.73 Å². The fourth-order valence-corrected chi connectivity index (χ4v) is 2.31. The number of benzene rings is 1. The zero-order chi connectivity index (χ0) is 14.1. The minimum absolute atomic E-state index is 0.663. The summed E-state index contributed by atoms with van der Waals surface area (Å²) < 4.78 is 1.83. The van der Waals surface area contributed by atoms with Crippen molar-refractivity contribution in [1.82, 2.24) is 14.8 Å². The van der Waals surface area contributed by atoms with Crippen molar-refractivity contribution in [3.8, 4) is 16.9 Å². The van der Waals surface area contributed by atoms with Crippen LogP contribution in [0.4, 0.5) is 5.69 Å². The van der Waals surface area contributed by atoms with Gasteiger partial charge in [0.05, 0.1) is 17.6 Å². The lowest BCUT2D eigenvalue weighted by Gasteiger charge is -2.06. The van der Waals surface area contributed by atoms with Gasteiger partial charge in [-0.2, -0.15) is 5.10 Å². The average molecular weight is 264 g/mol. The van der Waals surface area contributed by atoms with E-state index in [-0.39, 0.29) is 0 Å². The molecule has 1 aromatic carbocycles. The summed E-state index contributed by atoms with van der Waals surface area (Å²) in [6.45, 7) is 4.16. The highest BCUT2D eigenvalue weighted by molar-refractivity contribution is 5.72. The molecule has 0 bridgehead atoms. The molecular formula is C16H16N4. The van der Waals surface area contributed by atoms with Crippen molar-refractivity contribution in [3.05, 3.63) is 60.0 Å². The Morgan fingerprint density at radius 1 is 1.05 bits per heavy atom. The standard InChI is InChI=1S/C16H16N4/c1-11-3-4-15(12(2)9-11)20-10-14(17)16(19-20)13-5-7-18-8-6-13/h3-10H,17H2,1-2H3. The van der Waals surface area contributed by atoms with Gasteiger partial charge in [0.1, 0.15) is 5.69 Å². The van der Waals surface area contributed by atoms with Crippen LogP contribution in [0.3, 0.4) is 0 Å². The number of hydrogen-bond acceptors (Lipinski definition) is 3. The molecule has 0 aliphatic carbocycles. The van der Waals surface area contributed by atoms with E-state index in [0.29, 0.717) is 5.69 Å². The van der Waals surface area contributed by atoms with Crippen molar-refractivity contribution in [2.45, 2.75) is 13.8 Å². The van der Waals surface area contributed by atoms with Crippen LogP contribution >= 0.6 is 0 Å². The van der Waals surface area contributed by atoms with E-state index in [0.717, 1.165) is 16.9 Å². The summed E-state index contributed by atoms with van der Waals surface area (Å²) in [5, 5.41) is 4.60. The molecule has 0 amide bonds. The van der Waals surface area contributed by atoms with Gasteiger partial charge in [0.15, 0.2) is 0 Å². The Morgan fingerprint density at radius 3 is 2.50 bits per heavy atom. The van der Waals surface area contributed by atoms with Gasteiger partial charge in [-0.3, -0.25) is 4.98 Å². The van der Waals surface area contributed by atoms with Gasteiger partial charge in [0.2, 0.25) is 0 Å². The Hall–Kier alpha value is -2.62. The number of rotatable bonds is 2. The maximum atomic E-state index is 6.09. The third kappa shape index (κ3) is 2.16. The van der Waals surface area contributed by atoms with Crippen molar-refractivity contribution < 1.29 is 0 Å².